The SMILES string of the molecule is CCCCC(O)c1ccc(N(NCOCc2ccc(C=O)s2)C(C)=O)cc1. The summed E-state index contributed by atoms with van der Waals surface area (Å²) in [6, 6.07) is 10.9. The lowest BCUT2D eigenvalue weighted by Crippen LogP contribution is -2.42. The van der Waals surface area contributed by atoms with Gasteiger partial charge < -0.3 is 9.84 Å². The van der Waals surface area contributed by atoms with Gasteiger partial charge in [0.25, 0.3) is 0 Å². The Hall–Kier alpha value is -2.06. The number of anilines is 1. The number of unbranched alkanes of at least 4 members (excludes halogenated alkanes) is 1. The first kappa shape index (κ1) is 21.2. The Morgan fingerprint density at radius 2 is 2.04 bits per heavy atom. The van der Waals surface area contributed by atoms with Crippen LogP contribution in [0.4, 0.5) is 5.69 Å². The molecule has 6 nitrogen and oxygen atoms in total. The van der Waals surface area contributed by atoms with Gasteiger partial charge in [0.15, 0.2) is 6.29 Å². The molecule has 0 saturated carbocycles. The number of benzene rings is 1. The van der Waals surface area contributed by atoms with Gasteiger partial charge in [-0.15, -0.1) is 11.3 Å². The minimum atomic E-state index is -0.483. The van der Waals surface area contributed by atoms with Crippen LogP contribution < -0.4 is 10.4 Å². The van der Waals surface area contributed by atoms with Gasteiger partial charge in [0.2, 0.25) is 5.91 Å². The number of thiophene rings is 1. The molecule has 0 fully saturated rings. The Kier molecular flexibility index (Phi) is 8.60. The molecule has 0 bridgehead atoms. The van der Waals surface area contributed by atoms with Crippen molar-refractivity contribution in [3.63, 3.8) is 0 Å². The van der Waals surface area contributed by atoms with E-state index in [2.05, 4.69) is 12.3 Å². The van der Waals surface area contributed by atoms with Crippen LogP contribution in [0.1, 0.15) is 59.3 Å². The van der Waals surface area contributed by atoms with E-state index in [1.807, 2.05) is 18.2 Å². The fourth-order valence-electron chi connectivity index (χ4n) is 2.59. The Morgan fingerprint density at radius 3 is 2.63 bits per heavy atom. The second-order valence-electron chi connectivity index (χ2n) is 6.18. The van der Waals surface area contributed by atoms with Gasteiger partial charge >= 0.3 is 0 Å². The second kappa shape index (κ2) is 10.9. The lowest BCUT2D eigenvalue weighted by molar-refractivity contribution is -0.117. The van der Waals surface area contributed by atoms with Crippen LogP contribution in [-0.2, 0) is 16.1 Å². The van der Waals surface area contributed by atoms with Crippen LogP contribution in [0.2, 0.25) is 0 Å². The van der Waals surface area contributed by atoms with Crippen molar-refractivity contribution >= 4 is 29.2 Å². The van der Waals surface area contributed by atoms with Crippen molar-refractivity contribution in [1.29, 1.82) is 0 Å². The monoisotopic (exact) mass is 390 g/mol. The number of ether oxygens (including phenoxy) is 1. The average molecular weight is 391 g/mol. The van der Waals surface area contributed by atoms with E-state index in [-0.39, 0.29) is 12.6 Å². The number of rotatable bonds is 11. The Labute approximate surface area is 163 Å². The molecule has 2 aromatic rings. The Bertz CT molecular complexity index is 730. The molecule has 0 radical (unpaired) electrons. The van der Waals surface area contributed by atoms with Crippen LogP contribution in [0.3, 0.4) is 0 Å². The molecule has 2 N–H and O–H groups in total. The van der Waals surface area contributed by atoms with E-state index in [1.54, 1.807) is 18.2 Å². The highest BCUT2D eigenvalue weighted by Gasteiger charge is 2.13. The predicted octanol–water partition coefficient (Wildman–Crippen LogP) is 3.82. The number of amides is 1. The summed E-state index contributed by atoms with van der Waals surface area (Å²) < 4.78 is 5.54. The van der Waals surface area contributed by atoms with E-state index in [4.69, 9.17) is 4.74 Å². The van der Waals surface area contributed by atoms with Crippen LogP contribution >= 0.6 is 11.3 Å². The fraction of sp³-hybridized carbons (Fsp3) is 0.400. The molecule has 1 amide bonds. The molecule has 1 unspecified atom stereocenters. The number of hydrogen-bond donors (Lipinski definition) is 2. The van der Waals surface area contributed by atoms with Gasteiger partial charge in [-0.3, -0.25) is 9.59 Å². The maximum Gasteiger partial charge on any atom is 0.238 e. The van der Waals surface area contributed by atoms with Crippen molar-refractivity contribution in [1.82, 2.24) is 5.43 Å². The highest BCUT2D eigenvalue weighted by molar-refractivity contribution is 7.13. The number of hydrogen-bond acceptors (Lipinski definition) is 6. The summed E-state index contributed by atoms with van der Waals surface area (Å²) in [5.41, 5.74) is 4.46. The maximum atomic E-state index is 11.9. The molecule has 1 aromatic heterocycles. The number of aldehydes is 1. The first-order valence-corrected chi connectivity index (χ1v) is 9.80. The third-order valence-electron chi connectivity index (χ3n) is 4.05. The third-order valence-corrected chi connectivity index (χ3v) is 5.03. The van der Waals surface area contributed by atoms with Crippen LogP contribution in [0.15, 0.2) is 36.4 Å². The number of nitrogens with zero attached hydrogens (tertiary/aromatic N) is 1. The molecule has 0 spiro atoms. The van der Waals surface area contributed by atoms with Crippen molar-refractivity contribution in [2.45, 2.75) is 45.8 Å². The molecule has 1 heterocycles. The lowest BCUT2D eigenvalue weighted by Gasteiger charge is -2.22. The van der Waals surface area contributed by atoms with Crippen LogP contribution in [0.25, 0.3) is 0 Å². The summed E-state index contributed by atoms with van der Waals surface area (Å²) in [5.74, 6) is -0.169. The lowest BCUT2D eigenvalue weighted by atomic mass is 10.0. The molecule has 0 saturated heterocycles. The smallest absolute Gasteiger partial charge is 0.238 e. The standard InChI is InChI=1S/C20H26N2O4S/c1-3-4-5-20(25)16-6-8-17(9-7-16)22(15(2)24)21-14-26-13-19-11-10-18(12-23)27-19/h6-12,20-21,25H,3-5,13-14H2,1-2H3. The minimum Gasteiger partial charge on any atom is -0.388 e. The molecule has 0 aliphatic rings. The summed E-state index contributed by atoms with van der Waals surface area (Å²) in [6.07, 6.45) is 3.07. The van der Waals surface area contributed by atoms with Crippen LogP contribution in [-0.4, -0.2) is 24.0 Å². The number of hydrazine groups is 1. The van der Waals surface area contributed by atoms with Crippen molar-refractivity contribution in [3.05, 3.63) is 51.7 Å². The zero-order chi connectivity index (χ0) is 19.6. The maximum absolute atomic E-state index is 11.9. The highest BCUT2D eigenvalue weighted by Crippen LogP contribution is 2.22. The van der Waals surface area contributed by atoms with Gasteiger partial charge in [0.1, 0.15) is 6.73 Å². The van der Waals surface area contributed by atoms with E-state index in [1.165, 1.54) is 23.3 Å². The predicted molar refractivity (Wildman–Crippen MR) is 107 cm³/mol. The molecule has 27 heavy (non-hydrogen) atoms. The zero-order valence-electron chi connectivity index (χ0n) is 15.7. The summed E-state index contributed by atoms with van der Waals surface area (Å²) in [7, 11) is 0. The van der Waals surface area contributed by atoms with E-state index < -0.39 is 6.10 Å². The van der Waals surface area contributed by atoms with Gasteiger partial charge in [-0.05, 0) is 36.2 Å². The van der Waals surface area contributed by atoms with E-state index in [9.17, 15) is 14.7 Å². The normalized spacial score (nSPS) is 12.0. The van der Waals surface area contributed by atoms with Gasteiger partial charge in [-0.1, -0.05) is 31.9 Å². The van der Waals surface area contributed by atoms with E-state index in [0.29, 0.717) is 17.2 Å². The van der Waals surface area contributed by atoms with Crippen molar-refractivity contribution in [3.8, 4) is 0 Å². The number of aliphatic hydroxyl groups excluding tert-OH is 1. The van der Waals surface area contributed by atoms with Gasteiger partial charge in [-0.2, -0.15) is 0 Å². The van der Waals surface area contributed by atoms with E-state index >= 15 is 0 Å². The second-order valence-corrected chi connectivity index (χ2v) is 7.38. The topological polar surface area (TPSA) is 78.9 Å². The molecular formula is C20H26N2O4S. The Morgan fingerprint density at radius 1 is 1.30 bits per heavy atom. The highest BCUT2D eigenvalue weighted by atomic mass is 32.1. The average Bonchev–Trinajstić information content (AvgIpc) is 3.14. The first-order chi connectivity index (χ1) is 13.0. The third kappa shape index (κ3) is 6.55. The first-order valence-electron chi connectivity index (χ1n) is 8.99. The summed E-state index contributed by atoms with van der Waals surface area (Å²) in [5, 5.41) is 11.6. The van der Waals surface area contributed by atoms with Crippen LogP contribution in [0, 0.1) is 0 Å². The molecule has 7 heteroatoms. The molecule has 0 aliphatic carbocycles. The van der Waals surface area contributed by atoms with Gasteiger partial charge in [0.05, 0.1) is 23.3 Å². The van der Waals surface area contributed by atoms with Crippen LogP contribution in [0.5, 0.6) is 0 Å². The van der Waals surface area contributed by atoms with Gasteiger partial charge in [0, 0.05) is 11.8 Å². The van der Waals surface area contributed by atoms with Crippen molar-refractivity contribution in [2.24, 2.45) is 0 Å². The minimum absolute atomic E-state index is 0.148. The van der Waals surface area contributed by atoms with Crippen molar-refractivity contribution < 1.29 is 19.4 Å². The quantitative estimate of drug-likeness (QED) is 0.264. The zero-order valence-corrected chi connectivity index (χ0v) is 16.5. The summed E-state index contributed by atoms with van der Waals surface area (Å²) in [6.45, 7) is 4.06. The number of nitrogens with one attached hydrogen (secondary N) is 1. The van der Waals surface area contributed by atoms with Gasteiger partial charge in [-0.25, -0.2) is 10.4 Å². The molecule has 1 aromatic carbocycles. The number of aliphatic hydroxyl groups is 1. The molecule has 2 rings (SSSR count). The fourth-order valence-corrected chi connectivity index (χ4v) is 3.36. The summed E-state index contributed by atoms with van der Waals surface area (Å²) in [4.78, 5) is 24.2. The Balaban J connectivity index is 1.88. The molecule has 146 valence electrons. The number of carbonyl (C=O) groups is 2. The summed E-state index contributed by atoms with van der Waals surface area (Å²) >= 11 is 1.38. The molecular weight excluding hydrogens is 364 g/mol. The molecule has 0 aliphatic heterocycles. The number of carbonyl (C=O) groups excluding carboxylic acids is 2. The van der Waals surface area contributed by atoms with Crippen molar-refractivity contribution in [2.75, 3.05) is 11.7 Å². The largest absolute Gasteiger partial charge is 0.388 e. The van der Waals surface area contributed by atoms with E-state index in [0.717, 1.165) is 36.0 Å². The molecule has 1 atom stereocenters.